The maximum atomic E-state index is 11.9. The van der Waals surface area contributed by atoms with E-state index in [1.807, 2.05) is 4.90 Å². The van der Waals surface area contributed by atoms with E-state index in [0.29, 0.717) is 11.9 Å². The van der Waals surface area contributed by atoms with Gasteiger partial charge in [-0.25, -0.2) is 0 Å². The summed E-state index contributed by atoms with van der Waals surface area (Å²) < 4.78 is 0. The molecule has 1 saturated carbocycles. The second-order valence-electron chi connectivity index (χ2n) is 4.59. The van der Waals surface area contributed by atoms with Crippen molar-refractivity contribution in [3.8, 4) is 0 Å². The van der Waals surface area contributed by atoms with Crippen molar-refractivity contribution in [1.82, 2.24) is 10.2 Å². The van der Waals surface area contributed by atoms with Gasteiger partial charge in [0.25, 0.3) is 0 Å². The molecule has 1 N–H and O–H groups in total. The van der Waals surface area contributed by atoms with Crippen molar-refractivity contribution in [2.75, 3.05) is 13.1 Å². The lowest BCUT2D eigenvalue weighted by atomic mass is 10.1. The van der Waals surface area contributed by atoms with E-state index in [4.69, 9.17) is 0 Å². The van der Waals surface area contributed by atoms with Gasteiger partial charge >= 0.3 is 0 Å². The molecule has 0 unspecified atom stereocenters. The van der Waals surface area contributed by atoms with Crippen LogP contribution in [0.15, 0.2) is 0 Å². The monoisotopic (exact) mass is 180 g/mol. The van der Waals surface area contributed by atoms with E-state index in [-0.39, 0.29) is 6.04 Å². The zero-order valence-electron chi connectivity index (χ0n) is 7.83. The van der Waals surface area contributed by atoms with E-state index in [2.05, 4.69) is 5.32 Å². The first-order valence-electron chi connectivity index (χ1n) is 5.39. The number of likely N-dealkylation sites (tertiary alicyclic amines) is 1. The lowest BCUT2D eigenvalue weighted by molar-refractivity contribution is -0.132. The van der Waals surface area contributed by atoms with Crippen LogP contribution in [-0.2, 0) is 4.79 Å². The molecule has 3 rings (SSSR count). The summed E-state index contributed by atoms with van der Waals surface area (Å²) in [6.07, 6.45) is 4.81. The fraction of sp³-hybridized carbons (Fsp3) is 0.900. The summed E-state index contributed by atoms with van der Waals surface area (Å²) in [5.74, 6) is 1.20. The second kappa shape index (κ2) is 2.71. The van der Waals surface area contributed by atoms with Crippen molar-refractivity contribution < 1.29 is 4.79 Å². The SMILES string of the molecule is O=C([C@@H]1C[C@@H]2C[C@@H]2N1)N1CCCC1. The summed E-state index contributed by atoms with van der Waals surface area (Å²) in [5.41, 5.74) is 0. The Bertz CT molecular complexity index is 225. The molecule has 0 aromatic heterocycles. The van der Waals surface area contributed by atoms with Crippen molar-refractivity contribution in [2.24, 2.45) is 5.92 Å². The van der Waals surface area contributed by atoms with Gasteiger partial charge in [-0.15, -0.1) is 0 Å². The zero-order chi connectivity index (χ0) is 8.84. The highest BCUT2D eigenvalue weighted by molar-refractivity contribution is 5.82. The molecule has 2 saturated heterocycles. The molecule has 0 aromatic rings. The van der Waals surface area contributed by atoms with Crippen LogP contribution in [0, 0.1) is 5.92 Å². The molecule has 2 heterocycles. The van der Waals surface area contributed by atoms with Gasteiger partial charge in [-0.1, -0.05) is 0 Å². The maximum Gasteiger partial charge on any atom is 0.239 e. The molecule has 13 heavy (non-hydrogen) atoms. The van der Waals surface area contributed by atoms with Gasteiger partial charge in [0.1, 0.15) is 0 Å². The number of amides is 1. The highest BCUT2D eigenvalue weighted by Gasteiger charge is 2.48. The highest BCUT2D eigenvalue weighted by atomic mass is 16.2. The van der Waals surface area contributed by atoms with Crippen LogP contribution in [0.3, 0.4) is 0 Å². The minimum absolute atomic E-state index is 0.168. The molecular weight excluding hydrogens is 164 g/mol. The molecule has 0 radical (unpaired) electrons. The van der Waals surface area contributed by atoms with Gasteiger partial charge in [0.05, 0.1) is 6.04 Å². The van der Waals surface area contributed by atoms with Crippen molar-refractivity contribution in [2.45, 2.75) is 37.8 Å². The summed E-state index contributed by atoms with van der Waals surface area (Å²) in [6, 6.07) is 0.860. The first-order chi connectivity index (χ1) is 6.34. The Hall–Kier alpha value is -0.570. The van der Waals surface area contributed by atoms with E-state index >= 15 is 0 Å². The quantitative estimate of drug-likeness (QED) is 0.632. The minimum Gasteiger partial charge on any atom is -0.341 e. The summed E-state index contributed by atoms with van der Waals surface area (Å²) in [6.45, 7) is 1.98. The Morgan fingerprint density at radius 1 is 1.23 bits per heavy atom. The number of rotatable bonds is 1. The Morgan fingerprint density at radius 3 is 2.62 bits per heavy atom. The largest absolute Gasteiger partial charge is 0.341 e. The summed E-state index contributed by atoms with van der Waals surface area (Å²) in [5, 5.41) is 3.41. The molecule has 0 spiro atoms. The van der Waals surface area contributed by atoms with Crippen LogP contribution < -0.4 is 5.32 Å². The second-order valence-corrected chi connectivity index (χ2v) is 4.59. The summed E-state index contributed by atoms with van der Waals surface area (Å²) in [7, 11) is 0. The molecule has 1 aliphatic carbocycles. The summed E-state index contributed by atoms with van der Waals surface area (Å²) in [4.78, 5) is 13.9. The van der Waals surface area contributed by atoms with Crippen LogP contribution in [0.25, 0.3) is 0 Å². The smallest absolute Gasteiger partial charge is 0.239 e. The number of hydrogen-bond acceptors (Lipinski definition) is 2. The number of piperidine rings is 1. The molecule has 3 fully saturated rings. The van der Waals surface area contributed by atoms with Gasteiger partial charge in [-0.05, 0) is 31.6 Å². The third-order valence-corrected chi connectivity index (χ3v) is 3.59. The molecule has 72 valence electrons. The third-order valence-electron chi connectivity index (χ3n) is 3.59. The molecule has 3 nitrogen and oxygen atoms in total. The molecular formula is C10H16N2O. The van der Waals surface area contributed by atoms with Crippen LogP contribution in [-0.4, -0.2) is 36.0 Å². The predicted molar refractivity (Wildman–Crippen MR) is 49.2 cm³/mol. The molecule has 3 heteroatoms. The number of nitrogens with one attached hydrogen (secondary N) is 1. The number of hydrogen-bond donors (Lipinski definition) is 1. The highest BCUT2D eigenvalue weighted by Crippen LogP contribution is 2.41. The van der Waals surface area contributed by atoms with Crippen molar-refractivity contribution in [3.05, 3.63) is 0 Å². The Balaban J connectivity index is 1.61. The minimum atomic E-state index is 0.168. The van der Waals surface area contributed by atoms with Crippen molar-refractivity contribution in [3.63, 3.8) is 0 Å². The van der Waals surface area contributed by atoms with E-state index in [1.54, 1.807) is 0 Å². The molecule has 3 aliphatic rings. The van der Waals surface area contributed by atoms with Gasteiger partial charge in [0.15, 0.2) is 0 Å². The van der Waals surface area contributed by atoms with Crippen molar-refractivity contribution in [1.29, 1.82) is 0 Å². The number of fused-ring (bicyclic) bond motifs is 1. The van der Waals surface area contributed by atoms with Crippen LogP contribution in [0.2, 0.25) is 0 Å². The lowest BCUT2D eigenvalue weighted by Gasteiger charge is -2.21. The zero-order valence-corrected chi connectivity index (χ0v) is 7.83. The fourth-order valence-corrected chi connectivity index (χ4v) is 2.67. The van der Waals surface area contributed by atoms with Crippen LogP contribution in [0.4, 0.5) is 0 Å². The molecule has 0 aromatic carbocycles. The van der Waals surface area contributed by atoms with Gasteiger partial charge in [0, 0.05) is 19.1 Å². The Morgan fingerprint density at radius 2 is 2.00 bits per heavy atom. The third kappa shape index (κ3) is 1.26. The number of carbonyl (C=O) groups is 1. The van der Waals surface area contributed by atoms with Gasteiger partial charge in [0.2, 0.25) is 5.91 Å². The standard InChI is InChI=1S/C10H16N2O/c13-10(12-3-1-2-4-12)9-6-7-5-8(7)11-9/h7-9,11H,1-6H2/t7-,8-,9-/m0/s1. The van der Waals surface area contributed by atoms with E-state index in [0.717, 1.165) is 25.4 Å². The van der Waals surface area contributed by atoms with E-state index in [1.165, 1.54) is 19.3 Å². The van der Waals surface area contributed by atoms with E-state index in [9.17, 15) is 4.79 Å². The first-order valence-corrected chi connectivity index (χ1v) is 5.39. The predicted octanol–water partition coefficient (Wildman–Crippen LogP) is 0.359. The normalized spacial score (nSPS) is 42.2. The molecule has 1 amide bonds. The van der Waals surface area contributed by atoms with Crippen LogP contribution in [0.5, 0.6) is 0 Å². The fourth-order valence-electron chi connectivity index (χ4n) is 2.67. The van der Waals surface area contributed by atoms with Crippen LogP contribution in [0.1, 0.15) is 25.7 Å². The van der Waals surface area contributed by atoms with Gasteiger partial charge in [-0.3, -0.25) is 4.79 Å². The Kier molecular flexibility index (Phi) is 1.62. The van der Waals surface area contributed by atoms with E-state index < -0.39 is 0 Å². The number of nitrogens with zero attached hydrogens (tertiary/aromatic N) is 1. The average molecular weight is 180 g/mol. The van der Waals surface area contributed by atoms with Gasteiger partial charge in [-0.2, -0.15) is 0 Å². The van der Waals surface area contributed by atoms with Gasteiger partial charge < -0.3 is 10.2 Å². The molecule has 2 aliphatic heterocycles. The summed E-state index contributed by atoms with van der Waals surface area (Å²) >= 11 is 0. The lowest BCUT2D eigenvalue weighted by Crippen LogP contribution is -2.43. The van der Waals surface area contributed by atoms with Crippen LogP contribution >= 0.6 is 0 Å². The molecule has 0 bridgehead atoms. The average Bonchev–Trinajstić information content (AvgIpc) is 2.63. The maximum absolute atomic E-state index is 11.9. The Labute approximate surface area is 78.5 Å². The van der Waals surface area contributed by atoms with Crippen molar-refractivity contribution >= 4 is 5.91 Å². The topological polar surface area (TPSA) is 32.3 Å². The number of carbonyl (C=O) groups excluding carboxylic acids is 1. The first kappa shape index (κ1) is 7.80. The molecule has 3 atom stereocenters.